The number of amides is 1. The zero-order valence-corrected chi connectivity index (χ0v) is 17.3. The van der Waals surface area contributed by atoms with E-state index in [2.05, 4.69) is 4.99 Å². The van der Waals surface area contributed by atoms with Crippen molar-refractivity contribution in [1.29, 1.82) is 0 Å². The fraction of sp³-hybridized carbons (Fsp3) is 0.217. The standard InChI is InChI=1S/C23H21FN2O3S/c1-2-28-12-11-26-20-10-8-18(24)14-21(20)30-23(26)25-22(27)15-29-19-9-7-16-5-3-4-6-17(16)13-19/h3-10,13-14H,2,11-12,15H2,1H3. The smallest absolute Gasteiger partial charge is 0.286 e. The third-order valence-electron chi connectivity index (χ3n) is 4.61. The predicted molar refractivity (Wildman–Crippen MR) is 116 cm³/mol. The molecule has 1 heterocycles. The number of nitrogens with zero attached hydrogens (tertiary/aromatic N) is 2. The number of benzene rings is 3. The molecule has 154 valence electrons. The van der Waals surface area contributed by atoms with Crippen molar-refractivity contribution in [2.45, 2.75) is 13.5 Å². The van der Waals surface area contributed by atoms with E-state index in [1.165, 1.54) is 23.5 Å². The summed E-state index contributed by atoms with van der Waals surface area (Å²) < 4.78 is 27.3. The van der Waals surface area contributed by atoms with Gasteiger partial charge in [-0.15, -0.1) is 0 Å². The lowest BCUT2D eigenvalue weighted by atomic mass is 10.1. The summed E-state index contributed by atoms with van der Waals surface area (Å²) in [6.45, 7) is 3.35. The summed E-state index contributed by atoms with van der Waals surface area (Å²) in [5.74, 6) is -0.113. The van der Waals surface area contributed by atoms with E-state index >= 15 is 0 Å². The van der Waals surface area contributed by atoms with E-state index in [1.807, 2.05) is 54.0 Å². The first-order valence-electron chi connectivity index (χ1n) is 9.70. The van der Waals surface area contributed by atoms with Crippen LogP contribution in [0.3, 0.4) is 0 Å². The van der Waals surface area contributed by atoms with Gasteiger partial charge in [-0.05, 0) is 48.0 Å². The van der Waals surface area contributed by atoms with Gasteiger partial charge < -0.3 is 14.0 Å². The number of ether oxygens (including phenoxy) is 2. The normalized spacial score (nSPS) is 12.0. The second-order valence-electron chi connectivity index (χ2n) is 6.65. The minimum absolute atomic E-state index is 0.174. The van der Waals surface area contributed by atoms with Gasteiger partial charge in [0.1, 0.15) is 11.6 Å². The molecule has 0 spiro atoms. The second kappa shape index (κ2) is 9.19. The van der Waals surface area contributed by atoms with E-state index in [0.29, 0.717) is 30.3 Å². The molecule has 0 aliphatic carbocycles. The van der Waals surface area contributed by atoms with Crippen molar-refractivity contribution in [3.63, 3.8) is 0 Å². The van der Waals surface area contributed by atoms with Gasteiger partial charge in [-0.1, -0.05) is 41.7 Å². The molecule has 0 bridgehead atoms. The number of aromatic nitrogens is 1. The van der Waals surface area contributed by atoms with Crippen LogP contribution in [0.2, 0.25) is 0 Å². The molecule has 1 amide bonds. The molecule has 0 unspecified atom stereocenters. The zero-order valence-electron chi connectivity index (χ0n) is 16.5. The van der Waals surface area contributed by atoms with Crippen molar-refractivity contribution in [3.8, 4) is 5.75 Å². The Labute approximate surface area is 177 Å². The maximum Gasteiger partial charge on any atom is 0.286 e. The van der Waals surface area contributed by atoms with Gasteiger partial charge in [0.2, 0.25) is 0 Å². The highest BCUT2D eigenvalue weighted by atomic mass is 32.1. The van der Waals surface area contributed by atoms with Crippen LogP contribution in [0.25, 0.3) is 21.0 Å². The Kier molecular flexibility index (Phi) is 6.21. The molecular weight excluding hydrogens is 403 g/mol. The molecule has 4 rings (SSSR count). The minimum Gasteiger partial charge on any atom is -0.484 e. The lowest BCUT2D eigenvalue weighted by Crippen LogP contribution is -2.21. The number of halogens is 1. The van der Waals surface area contributed by atoms with Crippen LogP contribution in [0, 0.1) is 5.82 Å². The quantitative estimate of drug-likeness (QED) is 0.410. The number of carbonyl (C=O) groups excluding carboxylic acids is 1. The molecule has 4 aromatic rings. The van der Waals surface area contributed by atoms with Crippen molar-refractivity contribution >= 4 is 38.2 Å². The van der Waals surface area contributed by atoms with E-state index in [4.69, 9.17) is 9.47 Å². The molecule has 3 aromatic carbocycles. The van der Waals surface area contributed by atoms with Crippen LogP contribution >= 0.6 is 11.3 Å². The van der Waals surface area contributed by atoms with Crippen molar-refractivity contribution in [2.75, 3.05) is 19.8 Å². The molecule has 0 N–H and O–H groups in total. The van der Waals surface area contributed by atoms with Crippen LogP contribution in [0.15, 0.2) is 65.7 Å². The molecule has 0 aliphatic heterocycles. The Bertz CT molecular complexity index is 1260. The summed E-state index contributed by atoms with van der Waals surface area (Å²) in [5.41, 5.74) is 0.822. The molecular formula is C23H21FN2O3S. The highest BCUT2D eigenvalue weighted by Gasteiger charge is 2.10. The Morgan fingerprint density at radius 1 is 1.10 bits per heavy atom. The number of thiazole rings is 1. The van der Waals surface area contributed by atoms with Crippen LogP contribution in [0.5, 0.6) is 5.75 Å². The molecule has 30 heavy (non-hydrogen) atoms. The second-order valence-corrected chi connectivity index (χ2v) is 7.66. The van der Waals surface area contributed by atoms with Gasteiger partial charge in [0.05, 0.1) is 16.8 Å². The lowest BCUT2D eigenvalue weighted by molar-refractivity contribution is -0.120. The monoisotopic (exact) mass is 424 g/mol. The van der Waals surface area contributed by atoms with Crippen molar-refractivity contribution < 1.29 is 18.7 Å². The SMILES string of the molecule is CCOCCn1c(=NC(=O)COc2ccc3ccccc3c2)sc2cc(F)ccc21. The molecule has 5 nitrogen and oxygen atoms in total. The molecule has 0 saturated carbocycles. The topological polar surface area (TPSA) is 52.8 Å². The third kappa shape index (κ3) is 4.58. The lowest BCUT2D eigenvalue weighted by Gasteiger charge is -2.06. The largest absolute Gasteiger partial charge is 0.484 e. The number of carbonyl (C=O) groups is 1. The number of fused-ring (bicyclic) bond motifs is 2. The minimum atomic E-state index is -0.402. The van der Waals surface area contributed by atoms with Crippen LogP contribution < -0.4 is 9.54 Å². The van der Waals surface area contributed by atoms with Crippen LogP contribution in [-0.2, 0) is 16.1 Å². The molecule has 0 saturated heterocycles. The van der Waals surface area contributed by atoms with E-state index in [1.54, 1.807) is 6.07 Å². The summed E-state index contributed by atoms with van der Waals surface area (Å²) in [4.78, 5) is 17.2. The molecule has 0 radical (unpaired) electrons. The summed E-state index contributed by atoms with van der Waals surface area (Å²) in [7, 11) is 0. The molecule has 0 aliphatic rings. The number of hydrogen-bond acceptors (Lipinski definition) is 4. The average molecular weight is 424 g/mol. The molecule has 0 fully saturated rings. The van der Waals surface area contributed by atoms with Crippen molar-refractivity contribution in [1.82, 2.24) is 4.57 Å². The van der Waals surface area contributed by atoms with E-state index in [-0.39, 0.29) is 12.4 Å². The first kappa shape index (κ1) is 20.3. The van der Waals surface area contributed by atoms with Gasteiger partial charge in [0.15, 0.2) is 11.4 Å². The van der Waals surface area contributed by atoms with E-state index in [0.717, 1.165) is 21.0 Å². The fourth-order valence-corrected chi connectivity index (χ4v) is 4.29. The number of rotatable bonds is 7. The van der Waals surface area contributed by atoms with Crippen LogP contribution in [0.4, 0.5) is 4.39 Å². The van der Waals surface area contributed by atoms with Gasteiger partial charge in [0.25, 0.3) is 5.91 Å². The average Bonchev–Trinajstić information content (AvgIpc) is 3.08. The highest BCUT2D eigenvalue weighted by Crippen LogP contribution is 2.21. The van der Waals surface area contributed by atoms with Crippen molar-refractivity contribution in [2.24, 2.45) is 4.99 Å². The van der Waals surface area contributed by atoms with Crippen LogP contribution in [0.1, 0.15) is 6.92 Å². The van der Waals surface area contributed by atoms with Gasteiger partial charge in [-0.3, -0.25) is 4.79 Å². The van der Waals surface area contributed by atoms with Gasteiger partial charge in [-0.25, -0.2) is 4.39 Å². The van der Waals surface area contributed by atoms with Gasteiger partial charge in [-0.2, -0.15) is 4.99 Å². The zero-order chi connectivity index (χ0) is 20.9. The maximum absolute atomic E-state index is 13.6. The first-order chi connectivity index (χ1) is 14.6. The Morgan fingerprint density at radius 3 is 2.77 bits per heavy atom. The first-order valence-corrected chi connectivity index (χ1v) is 10.5. The predicted octanol–water partition coefficient (Wildman–Crippen LogP) is 4.54. The molecule has 0 atom stereocenters. The van der Waals surface area contributed by atoms with Crippen molar-refractivity contribution in [3.05, 3.63) is 71.3 Å². The summed E-state index contributed by atoms with van der Waals surface area (Å²) >= 11 is 1.27. The Hall–Kier alpha value is -3.03. The maximum atomic E-state index is 13.6. The molecule has 1 aromatic heterocycles. The van der Waals surface area contributed by atoms with Gasteiger partial charge in [0, 0.05) is 13.2 Å². The summed E-state index contributed by atoms with van der Waals surface area (Å²) in [5, 5.41) is 2.15. The fourth-order valence-electron chi connectivity index (χ4n) is 3.19. The van der Waals surface area contributed by atoms with E-state index in [9.17, 15) is 9.18 Å². The van der Waals surface area contributed by atoms with Crippen LogP contribution in [-0.4, -0.2) is 30.3 Å². The third-order valence-corrected chi connectivity index (χ3v) is 5.65. The van der Waals surface area contributed by atoms with Gasteiger partial charge >= 0.3 is 0 Å². The molecule has 7 heteroatoms. The summed E-state index contributed by atoms with van der Waals surface area (Å²) in [6, 6.07) is 18.2. The Balaban J connectivity index is 1.56. The van der Waals surface area contributed by atoms with E-state index < -0.39 is 5.91 Å². The summed E-state index contributed by atoms with van der Waals surface area (Å²) in [6.07, 6.45) is 0. The Morgan fingerprint density at radius 2 is 1.93 bits per heavy atom. The number of hydrogen-bond donors (Lipinski definition) is 0. The highest BCUT2D eigenvalue weighted by molar-refractivity contribution is 7.16.